The van der Waals surface area contributed by atoms with Crippen LogP contribution in [0.15, 0.2) is 18.6 Å². The van der Waals surface area contributed by atoms with E-state index in [9.17, 15) is 0 Å². The first-order valence-electron chi connectivity index (χ1n) is 4.58. The number of rotatable bonds is 3. The van der Waals surface area contributed by atoms with Crippen LogP contribution in [0.3, 0.4) is 0 Å². The molecule has 0 bridgehead atoms. The Labute approximate surface area is 91.6 Å². The molecule has 0 aliphatic heterocycles. The molecule has 15 heavy (non-hydrogen) atoms. The van der Waals surface area contributed by atoms with Gasteiger partial charge >= 0.3 is 0 Å². The molecule has 0 aliphatic carbocycles. The van der Waals surface area contributed by atoms with Gasteiger partial charge in [-0.15, -0.1) is 10.2 Å². The summed E-state index contributed by atoms with van der Waals surface area (Å²) in [6.45, 7) is 3.94. The van der Waals surface area contributed by atoms with Gasteiger partial charge < -0.3 is 5.32 Å². The third-order valence-electron chi connectivity index (χ3n) is 1.89. The first kappa shape index (κ1) is 9.97. The summed E-state index contributed by atoms with van der Waals surface area (Å²) in [5.41, 5.74) is 0.894. The number of hydrogen-bond donors (Lipinski definition) is 1. The first-order chi connectivity index (χ1) is 7.25. The summed E-state index contributed by atoms with van der Waals surface area (Å²) in [5.74, 6) is 0. The van der Waals surface area contributed by atoms with Crippen molar-refractivity contribution in [2.24, 2.45) is 0 Å². The summed E-state index contributed by atoms with van der Waals surface area (Å²) in [6.07, 6.45) is 5.08. The molecule has 2 aromatic heterocycles. The van der Waals surface area contributed by atoms with E-state index in [1.165, 1.54) is 11.3 Å². The third kappa shape index (κ3) is 2.47. The van der Waals surface area contributed by atoms with Crippen molar-refractivity contribution in [1.29, 1.82) is 0 Å². The normalized spacial score (nSPS) is 12.4. The van der Waals surface area contributed by atoms with Crippen LogP contribution in [0.4, 0.5) is 5.13 Å². The molecular weight excluding hydrogens is 210 g/mol. The average Bonchev–Trinajstić information content (AvgIpc) is 2.65. The highest BCUT2D eigenvalue weighted by atomic mass is 32.1. The fraction of sp³-hybridized carbons (Fsp3) is 0.333. The zero-order valence-corrected chi connectivity index (χ0v) is 9.32. The molecule has 0 amide bonds. The van der Waals surface area contributed by atoms with Crippen LogP contribution in [0.2, 0.25) is 0 Å². The molecule has 0 spiro atoms. The zero-order valence-electron chi connectivity index (χ0n) is 8.51. The number of anilines is 1. The van der Waals surface area contributed by atoms with E-state index < -0.39 is 0 Å². The Hall–Kier alpha value is -1.56. The van der Waals surface area contributed by atoms with Crippen molar-refractivity contribution < 1.29 is 0 Å². The van der Waals surface area contributed by atoms with Gasteiger partial charge in [-0.3, -0.25) is 9.97 Å². The van der Waals surface area contributed by atoms with Crippen LogP contribution in [-0.4, -0.2) is 20.2 Å². The highest BCUT2D eigenvalue weighted by Gasteiger charge is 2.08. The topological polar surface area (TPSA) is 63.6 Å². The van der Waals surface area contributed by atoms with Crippen LogP contribution < -0.4 is 5.32 Å². The summed E-state index contributed by atoms with van der Waals surface area (Å²) < 4.78 is 0. The maximum atomic E-state index is 4.21. The Bertz CT molecular complexity index is 427. The van der Waals surface area contributed by atoms with E-state index in [0.717, 1.165) is 15.8 Å². The molecule has 2 rings (SSSR count). The van der Waals surface area contributed by atoms with Gasteiger partial charge in [0.25, 0.3) is 0 Å². The Balaban J connectivity index is 2.07. The van der Waals surface area contributed by atoms with Gasteiger partial charge in [0, 0.05) is 12.4 Å². The number of nitrogens with zero attached hydrogens (tertiary/aromatic N) is 4. The Morgan fingerprint density at radius 2 is 2.20 bits per heavy atom. The average molecular weight is 221 g/mol. The zero-order chi connectivity index (χ0) is 10.7. The molecule has 2 aromatic rings. The minimum absolute atomic E-state index is 0.0889. The van der Waals surface area contributed by atoms with Crippen molar-refractivity contribution in [1.82, 2.24) is 20.2 Å². The van der Waals surface area contributed by atoms with Gasteiger partial charge in [-0.1, -0.05) is 11.3 Å². The molecule has 1 unspecified atom stereocenters. The summed E-state index contributed by atoms with van der Waals surface area (Å²) in [4.78, 5) is 8.23. The van der Waals surface area contributed by atoms with E-state index in [-0.39, 0.29) is 6.04 Å². The Morgan fingerprint density at radius 3 is 2.80 bits per heavy atom. The second kappa shape index (κ2) is 4.31. The second-order valence-electron chi connectivity index (χ2n) is 3.12. The van der Waals surface area contributed by atoms with Crippen molar-refractivity contribution in [3.63, 3.8) is 0 Å². The lowest BCUT2D eigenvalue weighted by Gasteiger charge is -2.10. The predicted octanol–water partition coefficient (Wildman–Crippen LogP) is 1.81. The van der Waals surface area contributed by atoms with Gasteiger partial charge in [0.1, 0.15) is 5.01 Å². The minimum Gasteiger partial charge on any atom is -0.352 e. The number of aromatic nitrogens is 4. The largest absolute Gasteiger partial charge is 0.352 e. The lowest BCUT2D eigenvalue weighted by molar-refractivity contribution is 0.820. The van der Waals surface area contributed by atoms with Gasteiger partial charge in [0.2, 0.25) is 5.13 Å². The molecule has 0 radical (unpaired) electrons. The Kier molecular flexibility index (Phi) is 2.86. The monoisotopic (exact) mass is 221 g/mol. The molecule has 0 saturated heterocycles. The summed E-state index contributed by atoms with van der Waals surface area (Å²) in [5, 5.41) is 12.9. The van der Waals surface area contributed by atoms with Gasteiger partial charge in [-0.2, -0.15) is 0 Å². The van der Waals surface area contributed by atoms with Gasteiger partial charge in [0.05, 0.1) is 17.9 Å². The van der Waals surface area contributed by atoms with E-state index >= 15 is 0 Å². The number of hydrogen-bond acceptors (Lipinski definition) is 6. The summed E-state index contributed by atoms with van der Waals surface area (Å²) >= 11 is 1.53. The lowest BCUT2D eigenvalue weighted by Crippen LogP contribution is -2.08. The van der Waals surface area contributed by atoms with E-state index in [2.05, 4.69) is 25.5 Å². The van der Waals surface area contributed by atoms with Crippen LogP contribution in [0.1, 0.15) is 23.7 Å². The maximum absolute atomic E-state index is 4.21. The van der Waals surface area contributed by atoms with Crippen molar-refractivity contribution in [3.05, 3.63) is 29.3 Å². The fourth-order valence-electron chi connectivity index (χ4n) is 1.15. The second-order valence-corrected chi connectivity index (χ2v) is 4.30. The minimum atomic E-state index is 0.0889. The van der Waals surface area contributed by atoms with Gasteiger partial charge in [-0.25, -0.2) is 0 Å². The molecule has 1 N–H and O–H groups in total. The molecule has 1 atom stereocenters. The smallest absolute Gasteiger partial charge is 0.206 e. The first-order valence-corrected chi connectivity index (χ1v) is 5.40. The fourth-order valence-corrected chi connectivity index (χ4v) is 1.83. The SMILES string of the molecule is Cc1nnc(NC(C)c2cnccn2)s1. The van der Waals surface area contributed by atoms with Gasteiger partial charge in [0.15, 0.2) is 0 Å². The van der Waals surface area contributed by atoms with Gasteiger partial charge in [-0.05, 0) is 13.8 Å². The molecular formula is C9H11N5S. The quantitative estimate of drug-likeness (QED) is 0.856. The van der Waals surface area contributed by atoms with Crippen LogP contribution >= 0.6 is 11.3 Å². The molecule has 6 heteroatoms. The van der Waals surface area contributed by atoms with Crippen LogP contribution in [0.5, 0.6) is 0 Å². The highest BCUT2D eigenvalue weighted by molar-refractivity contribution is 7.15. The van der Waals surface area contributed by atoms with Crippen molar-refractivity contribution >= 4 is 16.5 Å². The van der Waals surface area contributed by atoms with Crippen LogP contribution in [-0.2, 0) is 0 Å². The maximum Gasteiger partial charge on any atom is 0.206 e. The number of nitrogens with one attached hydrogen (secondary N) is 1. The Morgan fingerprint density at radius 1 is 1.33 bits per heavy atom. The van der Waals surface area contributed by atoms with Crippen molar-refractivity contribution in [3.8, 4) is 0 Å². The predicted molar refractivity (Wildman–Crippen MR) is 58.7 cm³/mol. The highest BCUT2D eigenvalue weighted by Crippen LogP contribution is 2.19. The molecule has 0 aromatic carbocycles. The summed E-state index contributed by atoms with van der Waals surface area (Å²) in [6, 6.07) is 0.0889. The van der Waals surface area contributed by atoms with Crippen molar-refractivity contribution in [2.75, 3.05) is 5.32 Å². The van der Waals surface area contributed by atoms with Crippen LogP contribution in [0, 0.1) is 6.92 Å². The van der Waals surface area contributed by atoms with E-state index in [4.69, 9.17) is 0 Å². The summed E-state index contributed by atoms with van der Waals surface area (Å²) in [7, 11) is 0. The number of aryl methyl sites for hydroxylation is 1. The molecule has 2 heterocycles. The van der Waals surface area contributed by atoms with E-state index in [1.54, 1.807) is 18.6 Å². The molecule has 0 fully saturated rings. The standard InChI is InChI=1S/C9H11N5S/c1-6(8-5-10-3-4-11-8)12-9-14-13-7(2)15-9/h3-6H,1-2H3,(H,12,14). The molecule has 0 aliphatic rings. The van der Waals surface area contributed by atoms with Crippen LogP contribution in [0.25, 0.3) is 0 Å². The molecule has 5 nitrogen and oxygen atoms in total. The molecule has 0 saturated carbocycles. The third-order valence-corrected chi connectivity index (χ3v) is 2.66. The van der Waals surface area contributed by atoms with E-state index in [0.29, 0.717) is 0 Å². The molecule has 78 valence electrons. The van der Waals surface area contributed by atoms with Crippen molar-refractivity contribution in [2.45, 2.75) is 19.9 Å². The van der Waals surface area contributed by atoms with E-state index in [1.807, 2.05) is 13.8 Å². The lowest BCUT2D eigenvalue weighted by atomic mass is 10.2.